The fourth-order valence-electron chi connectivity index (χ4n) is 1.14. The smallest absolute Gasteiger partial charge is 0.142 e. The van der Waals surface area contributed by atoms with E-state index in [1.54, 1.807) is 13.2 Å². The first kappa shape index (κ1) is 11.4. The van der Waals surface area contributed by atoms with Crippen LogP contribution in [0.3, 0.4) is 0 Å². The van der Waals surface area contributed by atoms with Crippen LogP contribution in [-0.4, -0.2) is 20.7 Å². The average molecular weight is 204 g/mol. The summed E-state index contributed by atoms with van der Waals surface area (Å²) >= 11 is 0. The first-order valence-corrected chi connectivity index (χ1v) is 4.85. The van der Waals surface area contributed by atoms with E-state index in [4.69, 9.17) is 10.5 Å². The van der Waals surface area contributed by atoms with Crippen LogP contribution in [-0.2, 0) is 0 Å². The van der Waals surface area contributed by atoms with Gasteiger partial charge in [0.1, 0.15) is 5.75 Å². The second kappa shape index (κ2) is 5.94. The van der Waals surface area contributed by atoms with Gasteiger partial charge in [-0.1, -0.05) is 11.8 Å². The quantitative estimate of drug-likeness (QED) is 0.442. The van der Waals surface area contributed by atoms with Gasteiger partial charge in [0.15, 0.2) is 0 Å². The Balaban J connectivity index is 2.72. The van der Waals surface area contributed by atoms with E-state index in [1.165, 1.54) is 0 Å². The number of methoxy groups -OCH3 is 1. The van der Waals surface area contributed by atoms with E-state index in [0.29, 0.717) is 11.4 Å². The number of ether oxygens (including phenoxy) is 1. The van der Waals surface area contributed by atoms with Gasteiger partial charge in [0, 0.05) is 18.5 Å². The molecule has 0 amide bonds. The number of nitrogen functional groups attached to an aromatic ring is 1. The molecule has 0 unspecified atom stereocenters. The molecule has 1 rings (SSSR count). The SMILES string of the molecule is CNCCC#Cc1ccc(N)c(OC)c1. The van der Waals surface area contributed by atoms with E-state index < -0.39 is 0 Å². The molecule has 1 aromatic rings. The zero-order valence-corrected chi connectivity index (χ0v) is 9.13. The van der Waals surface area contributed by atoms with Crippen molar-refractivity contribution in [1.82, 2.24) is 5.32 Å². The van der Waals surface area contributed by atoms with Crippen molar-refractivity contribution < 1.29 is 4.74 Å². The van der Waals surface area contributed by atoms with Crippen molar-refractivity contribution in [2.45, 2.75) is 6.42 Å². The summed E-state index contributed by atoms with van der Waals surface area (Å²) in [6.07, 6.45) is 0.836. The van der Waals surface area contributed by atoms with Crippen molar-refractivity contribution in [3.63, 3.8) is 0 Å². The Morgan fingerprint density at radius 2 is 2.27 bits per heavy atom. The van der Waals surface area contributed by atoms with Crippen LogP contribution in [0, 0.1) is 11.8 Å². The van der Waals surface area contributed by atoms with Crippen molar-refractivity contribution in [2.75, 3.05) is 26.4 Å². The highest BCUT2D eigenvalue weighted by Crippen LogP contribution is 2.21. The molecule has 1 aromatic carbocycles. The Morgan fingerprint density at radius 1 is 1.47 bits per heavy atom. The van der Waals surface area contributed by atoms with Gasteiger partial charge in [-0.15, -0.1) is 0 Å². The van der Waals surface area contributed by atoms with E-state index in [9.17, 15) is 0 Å². The Bertz CT molecular complexity index is 377. The third-order valence-electron chi connectivity index (χ3n) is 1.97. The lowest BCUT2D eigenvalue weighted by Crippen LogP contribution is -2.05. The summed E-state index contributed by atoms with van der Waals surface area (Å²) in [4.78, 5) is 0. The minimum Gasteiger partial charge on any atom is -0.495 e. The molecule has 3 nitrogen and oxygen atoms in total. The summed E-state index contributed by atoms with van der Waals surface area (Å²) in [5, 5.41) is 3.04. The molecular formula is C12H16N2O. The van der Waals surface area contributed by atoms with Gasteiger partial charge < -0.3 is 15.8 Å². The fraction of sp³-hybridized carbons (Fsp3) is 0.333. The number of anilines is 1. The highest BCUT2D eigenvalue weighted by molar-refractivity contribution is 5.56. The second-order valence-corrected chi connectivity index (χ2v) is 3.11. The maximum atomic E-state index is 5.69. The fourth-order valence-corrected chi connectivity index (χ4v) is 1.14. The van der Waals surface area contributed by atoms with Crippen molar-refractivity contribution in [3.8, 4) is 17.6 Å². The number of nitrogens with one attached hydrogen (secondary N) is 1. The van der Waals surface area contributed by atoms with Crippen LogP contribution < -0.4 is 15.8 Å². The van der Waals surface area contributed by atoms with Crippen molar-refractivity contribution >= 4 is 5.69 Å². The lowest BCUT2D eigenvalue weighted by Gasteiger charge is -2.03. The number of benzene rings is 1. The molecule has 0 saturated carbocycles. The molecule has 0 aliphatic carbocycles. The van der Waals surface area contributed by atoms with Gasteiger partial charge in [-0.05, 0) is 25.2 Å². The second-order valence-electron chi connectivity index (χ2n) is 3.11. The minimum atomic E-state index is 0.637. The molecule has 0 fully saturated rings. The number of nitrogens with two attached hydrogens (primary N) is 1. The molecule has 0 heterocycles. The summed E-state index contributed by atoms with van der Waals surface area (Å²) in [6, 6.07) is 5.55. The van der Waals surface area contributed by atoms with Gasteiger partial charge in [0.05, 0.1) is 12.8 Å². The Morgan fingerprint density at radius 3 is 2.93 bits per heavy atom. The molecule has 0 spiro atoms. The zero-order valence-electron chi connectivity index (χ0n) is 9.13. The van der Waals surface area contributed by atoms with Crippen LogP contribution >= 0.6 is 0 Å². The Kier molecular flexibility index (Phi) is 4.52. The summed E-state index contributed by atoms with van der Waals surface area (Å²) in [5.41, 5.74) is 7.26. The maximum Gasteiger partial charge on any atom is 0.142 e. The van der Waals surface area contributed by atoms with E-state index in [1.807, 2.05) is 19.2 Å². The molecule has 0 radical (unpaired) electrons. The average Bonchev–Trinajstić information content (AvgIpc) is 2.26. The molecule has 0 atom stereocenters. The molecular weight excluding hydrogens is 188 g/mol. The molecule has 80 valence electrons. The molecule has 0 aromatic heterocycles. The zero-order chi connectivity index (χ0) is 11.1. The van der Waals surface area contributed by atoms with E-state index in [-0.39, 0.29) is 0 Å². The predicted octanol–water partition coefficient (Wildman–Crippen LogP) is 1.24. The predicted molar refractivity (Wildman–Crippen MR) is 62.8 cm³/mol. The normalized spacial score (nSPS) is 9.20. The van der Waals surface area contributed by atoms with Crippen molar-refractivity contribution in [3.05, 3.63) is 23.8 Å². The third kappa shape index (κ3) is 3.53. The first-order chi connectivity index (χ1) is 7.27. The number of hydrogen-bond acceptors (Lipinski definition) is 3. The summed E-state index contributed by atoms with van der Waals surface area (Å²) in [7, 11) is 3.51. The summed E-state index contributed by atoms with van der Waals surface area (Å²) in [6.45, 7) is 0.902. The Labute approximate surface area is 90.6 Å². The van der Waals surface area contributed by atoms with Gasteiger partial charge in [-0.25, -0.2) is 0 Å². The Hall–Kier alpha value is -1.66. The van der Waals surface area contributed by atoms with Crippen LogP contribution in [0.2, 0.25) is 0 Å². The van der Waals surface area contributed by atoms with Crippen LogP contribution in [0.5, 0.6) is 5.75 Å². The number of rotatable bonds is 3. The summed E-state index contributed by atoms with van der Waals surface area (Å²) < 4.78 is 5.11. The molecule has 0 saturated heterocycles. The van der Waals surface area contributed by atoms with Gasteiger partial charge in [0.25, 0.3) is 0 Å². The molecule has 15 heavy (non-hydrogen) atoms. The van der Waals surface area contributed by atoms with Crippen LogP contribution in [0.4, 0.5) is 5.69 Å². The third-order valence-corrected chi connectivity index (χ3v) is 1.97. The molecule has 3 heteroatoms. The van der Waals surface area contributed by atoms with Crippen LogP contribution in [0.15, 0.2) is 18.2 Å². The van der Waals surface area contributed by atoms with E-state index >= 15 is 0 Å². The lowest BCUT2D eigenvalue weighted by atomic mass is 10.2. The monoisotopic (exact) mass is 204 g/mol. The maximum absolute atomic E-state index is 5.69. The highest BCUT2D eigenvalue weighted by Gasteiger charge is 1.97. The van der Waals surface area contributed by atoms with Gasteiger partial charge in [0.2, 0.25) is 0 Å². The van der Waals surface area contributed by atoms with Gasteiger partial charge in [-0.2, -0.15) is 0 Å². The van der Waals surface area contributed by atoms with Crippen molar-refractivity contribution in [1.29, 1.82) is 0 Å². The largest absolute Gasteiger partial charge is 0.495 e. The molecule has 0 aliphatic heterocycles. The van der Waals surface area contributed by atoms with Crippen LogP contribution in [0.1, 0.15) is 12.0 Å². The number of hydrogen-bond donors (Lipinski definition) is 2. The standard InChI is InChI=1S/C12H16N2O/c1-14-8-4-3-5-10-6-7-11(13)12(9-10)15-2/h6-7,9,14H,4,8,13H2,1-2H3. The first-order valence-electron chi connectivity index (χ1n) is 4.85. The molecule has 0 aliphatic rings. The minimum absolute atomic E-state index is 0.637. The topological polar surface area (TPSA) is 47.3 Å². The highest BCUT2D eigenvalue weighted by atomic mass is 16.5. The van der Waals surface area contributed by atoms with Gasteiger partial charge in [-0.3, -0.25) is 0 Å². The summed E-state index contributed by atoms with van der Waals surface area (Å²) in [5.74, 6) is 6.80. The molecule has 3 N–H and O–H groups in total. The van der Waals surface area contributed by atoms with Gasteiger partial charge >= 0.3 is 0 Å². The van der Waals surface area contributed by atoms with Crippen molar-refractivity contribution in [2.24, 2.45) is 0 Å². The van der Waals surface area contributed by atoms with E-state index in [0.717, 1.165) is 18.5 Å². The van der Waals surface area contributed by atoms with Crippen LogP contribution in [0.25, 0.3) is 0 Å². The molecule has 0 bridgehead atoms. The van der Waals surface area contributed by atoms with E-state index in [2.05, 4.69) is 17.2 Å². The lowest BCUT2D eigenvalue weighted by molar-refractivity contribution is 0.417.